The van der Waals surface area contributed by atoms with Crippen molar-refractivity contribution in [1.82, 2.24) is 15.1 Å². The largest absolute Gasteiger partial charge is 0.309 e. The van der Waals surface area contributed by atoms with E-state index in [1.165, 1.54) is 4.88 Å². The quantitative estimate of drug-likeness (QED) is 0.834. The number of aromatic nitrogens is 2. The summed E-state index contributed by atoms with van der Waals surface area (Å²) in [7, 11) is 0. The highest BCUT2D eigenvalue weighted by atomic mass is 32.1. The number of hydrogen-bond acceptors (Lipinski definition) is 3. The van der Waals surface area contributed by atoms with E-state index >= 15 is 0 Å². The highest BCUT2D eigenvalue weighted by Gasteiger charge is 2.14. The van der Waals surface area contributed by atoms with Crippen LogP contribution in [0.15, 0.2) is 29.8 Å². The average Bonchev–Trinajstić information content (AvgIpc) is 3.05. The molecule has 104 valence electrons. The molecule has 2 heterocycles. The van der Waals surface area contributed by atoms with Crippen LogP contribution in [0.5, 0.6) is 0 Å². The molecule has 1 atom stereocenters. The Kier molecular flexibility index (Phi) is 5.16. The Hall–Kier alpha value is -1.13. The van der Waals surface area contributed by atoms with Gasteiger partial charge in [0.25, 0.3) is 0 Å². The number of nitrogens with one attached hydrogen (secondary N) is 1. The highest BCUT2D eigenvalue weighted by Crippen LogP contribution is 2.22. The minimum Gasteiger partial charge on any atom is -0.309 e. The molecule has 0 amide bonds. The van der Waals surface area contributed by atoms with E-state index < -0.39 is 0 Å². The Balaban J connectivity index is 2.06. The molecule has 0 aromatic carbocycles. The van der Waals surface area contributed by atoms with Crippen LogP contribution < -0.4 is 5.32 Å². The lowest BCUT2D eigenvalue weighted by Crippen LogP contribution is -2.23. The highest BCUT2D eigenvalue weighted by molar-refractivity contribution is 7.10. The van der Waals surface area contributed by atoms with Crippen molar-refractivity contribution < 1.29 is 0 Å². The van der Waals surface area contributed by atoms with E-state index in [0.717, 1.165) is 25.1 Å². The van der Waals surface area contributed by atoms with Crippen LogP contribution in [-0.2, 0) is 6.42 Å². The molecule has 0 bridgehead atoms. The van der Waals surface area contributed by atoms with Crippen molar-refractivity contribution in [1.29, 1.82) is 0 Å². The third-order valence-electron chi connectivity index (χ3n) is 3.13. The second-order valence-corrected chi connectivity index (χ2v) is 6.09. The zero-order valence-corrected chi connectivity index (χ0v) is 12.8. The smallest absolute Gasteiger partial charge is 0.0644 e. The SMILES string of the molecule is CCCNC(Cc1ccn(C(C)C)n1)c1cccs1. The van der Waals surface area contributed by atoms with E-state index in [1.807, 2.05) is 16.0 Å². The molecule has 0 aliphatic carbocycles. The standard InChI is InChI=1S/C15H23N3S/c1-4-8-16-14(15-6-5-10-19-15)11-13-7-9-18(17-13)12(2)3/h5-7,9-10,12,14,16H,4,8,11H2,1-3H3. The predicted octanol–water partition coefficient (Wildman–Crippen LogP) is 3.81. The van der Waals surface area contributed by atoms with Gasteiger partial charge < -0.3 is 5.32 Å². The summed E-state index contributed by atoms with van der Waals surface area (Å²) in [5.41, 5.74) is 1.16. The van der Waals surface area contributed by atoms with E-state index in [9.17, 15) is 0 Å². The third-order valence-corrected chi connectivity index (χ3v) is 4.12. The van der Waals surface area contributed by atoms with E-state index in [-0.39, 0.29) is 0 Å². The number of thiophene rings is 1. The normalized spacial score (nSPS) is 13.1. The van der Waals surface area contributed by atoms with Gasteiger partial charge in [-0.3, -0.25) is 4.68 Å². The minimum absolute atomic E-state index is 0.385. The van der Waals surface area contributed by atoms with E-state index in [4.69, 9.17) is 0 Å². The summed E-state index contributed by atoms with van der Waals surface area (Å²) in [6.07, 6.45) is 4.19. The fourth-order valence-corrected chi connectivity index (χ4v) is 2.87. The maximum absolute atomic E-state index is 4.65. The second kappa shape index (κ2) is 6.87. The molecule has 0 saturated carbocycles. The van der Waals surface area contributed by atoms with Crippen molar-refractivity contribution in [3.05, 3.63) is 40.3 Å². The number of nitrogens with zero attached hydrogens (tertiary/aromatic N) is 2. The van der Waals surface area contributed by atoms with Crippen molar-refractivity contribution >= 4 is 11.3 Å². The van der Waals surface area contributed by atoms with Crippen molar-refractivity contribution in [2.24, 2.45) is 0 Å². The van der Waals surface area contributed by atoms with Gasteiger partial charge in [-0.15, -0.1) is 11.3 Å². The van der Waals surface area contributed by atoms with E-state index in [1.54, 1.807) is 0 Å². The fourth-order valence-electron chi connectivity index (χ4n) is 2.06. The first kappa shape index (κ1) is 14.3. The third kappa shape index (κ3) is 3.91. The second-order valence-electron chi connectivity index (χ2n) is 5.11. The molecule has 1 N–H and O–H groups in total. The molecular weight excluding hydrogens is 254 g/mol. The van der Waals surface area contributed by atoms with Crippen molar-refractivity contribution in [2.75, 3.05) is 6.54 Å². The van der Waals surface area contributed by atoms with Gasteiger partial charge in [0.15, 0.2) is 0 Å². The number of hydrogen-bond donors (Lipinski definition) is 1. The molecule has 0 fully saturated rings. The summed E-state index contributed by atoms with van der Waals surface area (Å²) in [6.45, 7) is 7.56. The van der Waals surface area contributed by atoms with Crippen LogP contribution in [0.1, 0.15) is 49.8 Å². The summed E-state index contributed by atoms with van der Waals surface area (Å²) in [4.78, 5) is 1.40. The molecule has 3 nitrogen and oxygen atoms in total. The van der Waals surface area contributed by atoms with Crippen molar-refractivity contribution in [3.8, 4) is 0 Å². The first-order chi connectivity index (χ1) is 9.20. The zero-order chi connectivity index (χ0) is 13.7. The lowest BCUT2D eigenvalue weighted by molar-refractivity contribution is 0.503. The van der Waals surface area contributed by atoms with Gasteiger partial charge in [-0.2, -0.15) is 5.10 Å². The molecule has 0 saturated heterocycles. The minimum atomic E-state index is 0.385. The topological polar surface area (TPSA) is 29.9 Å². The maximum Gasteiger partial charge on any atom is 0.0644 e. The molecule has 2 rings (SSSR count). The van der Waals surface area contributed by atoms with E-state index in [0.29, 0.717) is 12.1 Å². The first-order valence-electron chi connectivity index (χ1n) is 7.01. The van der Waals surface area contributed by atoms with Gasteiger partial charge in [-0.1, -0.05) is 13.0 Å². The van der Waals surface area contributed by atoms with Crippen molar-refractivity contribution in [3.63, 3.8) is 0 Å². The maximum atomic E-state index is 4.65. The molecule has 2 aromatic rings. The van der Waals surface area contributed by atoms with Crippen LogP contribution in [0.2, 0.25) is 0 Å². The molecular formula is C15H23N3S. The Morgan fingerprint density at radius 1 is 1.37 bits per heavy atom. The van der Waals surface area contributed by atoms with Crippen molar-refractivity contribution in [2.45, 2.75) is 45.7 Å². The lowest BCUT2D eigenvalue weighted by Gasteiger charge is -2.16. The molecule has 2 aromatic heterocycles. The summed E-state index contributed by atoms with van der Waals surface area (Å²) in [5.74, 6) is 0. The average molecular weight is 277 g/mol. The first-order valence-corrected chi connectivity index (χ1v) is 7.89. The number of rotatable bonds is 7. The van der Waals surface area contributed by atoms with Gasteiger partial charge in [0.2, 0.25) is 0 Å². The molecule has 0 aliphatic rings. The van der Waals surface area contributed by atoms with Crippen LogP contribution in [0.25, 0.3) is 0 Å². The lowest BCUT2D eigenvalue weighted by atomic mass is 10.1. The Morgan fingerprint density at radius 3 is 2.79 bits per heavy atom. The van der Waals surface area contributed by atoms with Crippen LogP contribution in [0.3, 0.4) is 0 Å². The van der Waals surface area contributed by atoms with Gasteiger partial charge >= 0.3 is 0 Å². The van der Waals surface area contributed by atoms with Gasteiger partial charge in [0.05, 0.1) is 5.69 Å². The molecule has 4 heteroatoms. The Labute approximate surface area is 119 Å². The summed E-state index contributed by atoms with van der Waals surface area (Å²) in [6, 6.07) is 7.27. The van der Waals surface area contributed by atoms with Crippen LogP contribution in [0.4, 0.5) is 0 Å². The van der Waals surface area contributed by atoms with Gasteiger partial charge in [0.1, 0.15) is 0 Å². The van der Waals surface area contributed by atoms with Gasteiger partial charge in [-0.25, -0.2) is 0 Å². The molecule has 0 radical (unpaired) electrons. The fraction of sp³-hybridized carbons (Fsp3) is 0.533. The summed E-state index contributed by atoms with van der Waals surface area (Å²) < 4.78 is 2.03. The monoisotopic (exact) mass is 277 g/mol. The molecule has 1 unspecified atom stereocenters. The summed E-state index contributed by atoms with van der Waals surface area (Å²) >= 11 is 1.82. The Morgan fingerprint density at radius 2 is 2.21 bits per heavy atom. The summed E-state index contributed by atoms with van der Waals surface area (Å²) in [5, 5.41) is 10.4. The van der Waals surface area contributed by atoms with Crippen LogP contribution >= 0.6 is 11.3 Å². The molecule has 0 aliphatic heterocycles. The molecule has 0 spiro atoms. The molecule has 19 heavy (non-hydrogen) atoms. The zero-order valence-electron chi connectivity index (χ0n) is 12.0. The Bertz CT molecular complexity index is 473. The van der Waals surface area contributed by atoms with E-state index in [2.05, 4.69) is 61.0 Å². The van der Waals surface area contributed by atoms with Crippen LogP contribution in [0, 0.1) is 0 Å². The van der Waals surface area contributed by atoms with Gasteiger partial charge in [-0.05, 0) is 44.3 Å². The predicted molar refractivity (Wildman–Crippen MR) is 81.7 cm³/mol. The van der Waals surface area contributed by atoms with Gasteiger partial charge in [0, 0.05) is 29.6 Å². The van der Waals surface area contributed by atoms with Crippen LogP contribution in [-0.4, -0.2) is 16.3 Å².